The third-order valence-corrected chi connectivity index (χ3v) is 3.82. The molecule has 0 spiro atoms. The Kier molecular flexibility index (Phi) is 3.81. The van der Waals surface area contributed by atoms with E-state index >= 15 is 0 Å². The number of fused-ring (bicyclic) bond motifs is 1. The molecule has 0 fully saturated rings. The zero-order valence-electron chi connectivity index (χ0n) is 11.4. The molecule has 1 heterocycles. The second-order valence-corrected chi connectivity index (χ2v) is 5.39. The largest absolute Gasteiger partial charge is 0.326 e. The Morgan fingerprint density at radius 3 is 2.82 bits per heavy atom. The summed E-state index contributed by atoms with van der Waals surface area (Å²) < 4.78 is 13.9. The normalized spacial score (nSPS) is 16.6. The molecule has 0 bridgehead atoms. The molecule has 1 unspecified atom stereocenters. The molecule has 2 N–H and O–H groups in total. The molecule has 0 saturated carbocycles. The van der Waals surface area contributed by atoms with Crippen LogP contribution in [0.5, 0.6) is 0 Å². The fourth-order valence-electron chi connectivity index (χ4n) is 2.47. The van der Waals surface area contributed by atoms with Gasteiger partial charge in [-0.3, -0.25) is 9.59 Å². The number of nitrogens with one attached hydrogen (secondary N) is 2. The number of anilines is 2. The minimum Gasteiger partial charge on any atom is -0.326 e. The zero-order chi connectivity index (χ0) is 15.7. The van der Waals surface area contributed by atoms with Crippen molar-refractivity contribution < 1.29 is 14.0 Å². The van der Waals surface area contributed by atoms with Crippen molar-refractivity contribution in [3.05, 3.63) is 58.9 Å². The van der Waals surface area contributed by atoms with Crippen molar-refractivity contribution in [3.63, 3.8) is 0 Å². The molecule has 3 rings (SSSR count). The van der Waals surface area contributed by atoms with Gasteiger partial charge in [0.25, 0.3) is 0 Å². The van der Waals surface area contributed by atoms with E-state index in [0.717, 1.165) is 0 Å². The molecule has 4 nitrogen and oxygen atoms in total. The summed E-state index contributed by atoms with van der Waals surface area (Å²) in [5, 5.41) is 5.15. The fourth-order valence-corrected chi connectivity index (χ4v) is 2.64. The van der Waals surface area contributed by atoms with Gasteiger partial charge < -0.3 is 10.6 Å². The monoisotopic (exact) mass is 318 g/mol. The van der Waals surface area contributed by atoms with Gasteiger partial charge in [0.1, 0.15) is 0 Å². The van der Waals surface area contributed by atoms with Crippen molar-refractivity contribution in [3.8, 4) is 0 Å². The number of amides is 2. The first-order valence-electron chi connectivity index (χ1n) is 6.70. The lowest BCUT2D eigenvalue weighted by atomic mass is 9.90. The van der Waals surface area contributed by atoms with Crippen LogP contribution in [0, 0.1) is 5.82 Å². The van der Waals surface area contributed by atoms with Crippen molar-refractivity contribution in [2.45, 2.75) is 12.3 Å². The number of carbonyl (C=O) groups is 2. The standard InChI is InChI=1S/C16H12ClFN2O2/c17-11-5-3-7-13(15(11)18)20-16(22)10-8-14(21)19-12-6-2-1-4-9(10)12/h1-7,10H,8H2,(H,19,21)(H,20,22). The summed E-state index contributed by atoms with van der Waals surface area (Å²) >= 11 is 5.70. The van der Waals surface area contributed by atoms with Gasteiger partial charge in [0, 0.05) is 12.1 Å². The molecule has 0 aliphatic carbocycles. The molecule has 1 atom stereocenters. The van der Waals surface area contributed by atoms with Gasteiger partial charge in [0.05, 0.1) is 16.6 Å². The smallest absolute Gasteiger partial charge is 0.232 e. The number of rotatable bonds is 2. The predicted molar refractivity (Wildman–Crippen MR) is 82.5 cm³/mol. The molecular formula is C16H12ClFN2O2. The first-order chi connectivity index (χ1) is 10.6. The lowest BCUT2D eigenvalue weighted by Gasteiger charge is -2.24. The summed E-state index contributed by atoms with van der Waals surface area (Å²) in [6.45, 7) is 0. The Morgan fingerprint density at radius 2 is 2.00 bits per heavy atom. The number of halogens is 2. The predicted octanol–water partition coefficient (Wildman–Crippen LogP) is 3.54. The van der Waals surface area contributed by atoms with Crippen LogP contribution in [0.25, 0.3) is 0 Å². The highest BCUT2D eigenvalue weighted by molar-refractivity contribution is 6.31. The number of benzene rings is 2. The highest BCUT2D eigenvalue weighted by atomic mass is 35.5. The van der Waals surface area contributed by atoms with Gasteiger partial charge >= 0.3 is 0 Å². The van der Waals surface area contributed by atoms with Crippen molar-refractivity contribution in [1.82, 2.24) is 0 Å². The summed E-state index contributed by atoms with van der Waals surface area (Å²) in [6.07, 6.45) is 0.0189. The van der Waals surface area contributed by atoms with Gasteiger partial charge in [-0.15, -0.1) is 0 Å². The second kappa shape index (κ2) is 5.77. The van der Waals surface area contributed by atoms with Gasteiger partial charge in [0.15, 0.2) is 5.82 Å². The third kappa shape index (κ3) is 2.67. The van der Waals surface area contributed by atoms with Crippen LogP contribution in [0.15, 0.2) is 42.5 Å². The van der Waals surface area contributed by atoms with Crippen LogP contribution in [0.2, 0.25) is 5.02 Å². The van der Waals surface area contributed by atoms with Gasteiger partial charge in [-0.05, 0) is 23.8 Å². The SMILES string of the molecule is O=C1CC(C(=O)Nc2cccc(Cl)c2F)c2ccccc2N1. The van der Waals surface area contributed by atoms with Gasteiger partial charge in [0.2, 0.25) is 11.8 Å². The molecule has 1 aliphatic heterocycles. The fraction of sp³-hybridized carbons (Fsp3) is 0.125. The van der Waals surface area contributed by atoms with Gasteiger partial charge in [-0.2, -0.15) is 0 Å². The molecular weight excluding hydrogens is 307 g/mol. The van der Waals surface area contributed by atoms with Gasteiger partial charge in [-0.1, -0.05) is 35.9 Å². The van der Waals surface area contributed by atoms with E-state index in [1.54, 1.807) is 30.3 Å². The maximum absolute atomic E-state index is 13.9. The molecule has 0 radical (unpaired) electrons. The second-order valence-electron chi connectivity index (χ2n) is 4.98. The van der Waals surface area contributed by atoms with E-state index in [4.69, 9.17) is 11.6 Å². The van der Waals surface area contributed by atoms with E-state index in [2.05, 4.69) is 10.6 Å². The number of carbonyl (C=O) groups excluding carboxylic acids is 2. The van der Waals surface area contributed by atoms with Crippen molar-refractivity contribution >= 4 is 34.8 Å². The summed E-state index contributed by atoms with van der Waals surface area (Å²) in [5.41, 5.74) is 1.31. The number of hydrogen-bond donors (Lipinski definition) is 2. The Balaban J connectivity index is 1.89. The molecule has 2 aromatic rings. The first-order valence-corrected chi connectivity index (χ1v) is 7.07. The van der Waals surface area contributed by atoms with E-state index < -0.39 is 17.6 Å². The average molecular weight is 319 g/mol. The molecule has 0 aromatic heterocycles. The van der Waals surface area contributed by atoms with E-state index in [0.29, 0.717) is 11.3 Å². The summed E-state index contributed by atoms with van der Waals surface area (Å²) in [6, 6.07) is 11.4. The maximum Gasteiger partial charge on any atom is 0.232 e. The molecule has 1 aliphatic rings. The summed E-state index contributed by atoms with van der Waals surface area (Å²) in [7, 11) is 0. The number of para-hydroxylation sites is 1. The Morgan fingerprint density at radius 1 is 1.23 bits per heavy atom. The van der Waals surface area contributed by atoms with Crippen molar-refractivity contribution in [2.24, 2.45) is 0 Å². The highest BCUT2D eigenvalue weighted by Crippen LogP contribution is 2.33. The van der Waals surface area contributed by atoms with Crippen LogP contribution in [0.3, 0.4) is 0 Å². The molecule has 0 saturated heterocycles. The zero-order valence-corrected chi connectivity index (χ0v) is 12.2. The van der Waals surface area contributed by atoms with Crippen molar-refractivity contribution in [1.29, 1.82) is 0 Å². The minimum absolute atomic E-state index is 0.000891. The Hall–Kier alpha value is -2.40. The summed E-state index contributed by atoms with van der Waals surface area (Å²) in [5.74, 6) is -2.04. The molecule has 112 valence electrons. The average Bonchev–Trinajstić information content (AvgIpc) is 2.51. The Bertz CT molecular complexity index is 764. The molecule has 2 amide bonds. The van der Waals surface area contributed by atoms with E-state index in [9.17, 15) is 14.0 Å². The van der Waals surface area contributed by atoms with E-state index in [1.165, 1.54) is 12.1 Å². The van der Waals surface area contributed by atoms with Crippen LogP contribution < -0.4 is 10.6 Å². The summed E-state index contributed by atoms with van der Waals surface area (Å²) in [4.78, 5) is 24.2. The molecule has 2 aromatic carbocycles. The first kappa shape index (κ1) is 14.5. The number of hydrogen-bond acceptors (Lipinski definition) is 2. The van der Waals surface area contributed by atoms with Crippen LogP contribution in [0.4, 0.5) is 15.8 Å². The van der Waals surface area contributed by atoms with Crippen LogP contribution in [0.1, 0.15) is 17.9 Å². The quantitative estimate of drug-likeness (QED) is 0.889. The van der Waals surface area contributed by atoms with Crippen LogP contribution >= 0.6 is 11.6 Å². The van der Waals surface area contributed by atoms with E-state index in [-0.39, 0.29) is 23.0 Å². The third-order valence-electron chi connectivity index (χ3n) is 3.53. The Labute approximate surface area is 131 Å². The molecule has 6 heteroatoms. The minimum atomic E-state index is -0.689. The van der Waals surface area contributed by atoms with Crippen LogP contribution in [-0.2, 0) is 9.59 Å². The maximum atomic E-state index is 13.9. The topological polar surface area (TPSA) is 58.2 Å². The van der Waals surface area contributed by atoms with Gasteiger partial charge in [-0.25, -0.2) is 4.39 Å². The van der Waals surface area contributed by atoms with E-state index in [1.807, 2.05) is 0 Å². The molecule has 22 heavy (non-hydrogen) atoms. The highest BCUT2D eigenvalue weighted by Gasteiger charge is 2.30. The lowest BCUT2D eigenvalue weighted by molar-refractivity contribution is -0.123. The van der Waals surface area contributed by atoms with Crippen molar-refractivity contribution in [2.75, 3.05) is 10.6 Å². The van der Waals surface area contributed by atoms with Crippen LogP contribution in [-0.4, -0.2) is 11.8 Å². The lowest BCUT2D eigenvalue weighted by Crippen LogP contribution is -2.30.